The lowest BCUT2D eigenvalue weighted by Crippen LogP contribution is -2.23. The fraction of sp³-hybridized carbons (Fsp3) is 0.111. The van der Waals surface area contributed by atoms with Crippen molar-refractivity contribution in [2.24, 2.45) is 0 Å². The number of hydrogen-bond acceptors (Lipinski definition) is 3. The first kappa shape index (κ1) is 16.6. The molecule has 0 radical (unpaired) electrons. The van der Waals surface area contributed by atoms with Crippen LogP contribution < -0.4 is 5.32 Å². The van der Waals surface area contributed by atoms with Crippen molar-refractivity contribution >= 4 is 29.3 Å². The topological polar surface area (TPSA) is 46.9 Å². The molecule has 3 aromatic rings. The van der Waals surface area contributed by atoms with Crippen molar-refractivity contribution in [1.29, 1.82) is 0 Å². The molecule has 0 aliphatic rings. The van der Waals surface area contributed by atoms with Gasteiger partial charge in [0.15, 0.2) is 5.16 Å². The zero-order chi connectivity index (χ0) is 16.9. The third-order valence-electron chi connectivity index (χ3n) is 3.57. The van der Waals surface area contributed by atoms with Gasteiger partial charge in [-0.1, -0.05) is 47.6 Å². The van der Waals surface area contributed by atoms with Crippen LogP contribution in [0.15, 0.2) is 66.1 Å². The van der Waals surface area contributed by atoms with E-state index in [1.54, 1.807) is 24.0 Å². The third kappa shape index (κ3) is 3.63. The molecular formula is C18H16ClN3OS. The van der Waals surface area contributed by atoms with Crippen LogP contribution in [0.3, 0.4) is 0 Å². The molecule has 1 N–H and O–H groups in total. The van der Waals surface area contributed by atoms with Crippen molar-refractivity contribution in [3.05, 3.63) is 77.1 Å². The summed E-state index contributed by atoms with van der Waals surface area (Å²) < 4.78 is 1.95. The number of amides is 1. The Morgan fingerprint density at radius 2 is 2.08 bits per heavy atom. The minimum Gasteiger partial charge on any atom is -0.348 e. The van der Waals surface area contributed by atoms with Gasteiger partial charge in [0.25, 0.3) is 5.91 Å². The van der Waals surface area contributed by atoms with Gasteiger partial charge in [-0.05, 0) is 36.1 Å². The van der Waals surface area contributed by atoms with Gasteiger partial charge in [-0.3, -0.25) is 9.36 Å². The molecule has 0 saturated carbocycles. The maximum atomic E-state index is 12.4. The summed E-state index contributed by atoms with van der Waals surface area (Å²) in [6.07, 6.45) is 5.60. The minimum atomic E-state index is -0.136. The molecule has 2 aromatic carbocycles. The van der Waals surface area contributed by atoms with E-state index in [0.29, 0.717) is 17.1 Å². The van der Waals surface area contributed by atoms with Gasteiger partial charge in [-0.25, -0.2) is 4.98 Å². The Morgan fingerprint density at radius 1 is 1.25 bits per heavy atom. The number of nitrogens with one attached hydrogen (secondary N) is 1. The first-order chi connectivity index (χ1) is 11.7. The van der Waals surface area contributed by atoms with Crippen molar-refractivity contribution < 1.29 is 4.79 Å². The van der Waals surface area contributed by atoms with Gasteiger partial charge in [0, 0.05) is 35.2 Å². The van der Waals surface area contributed by atoms with E-state index in [9.17, 15) is 4.79 Å². The third-order valence-corrected chi connectivity index (χ3v) is 4.61. The number of rotatable bonds is 5. The monoisotopic (exact) mass is 357 g/mol. The molecule has 0 spiro atoms. The number of nitrogens with zero attached hydrogens (tertiary/aromatic N) is 2. The van der Waals surface area contributed by atoms with Crippen LogP contribution in [0.5, 0.6) is 0 Å². The number of aromatic nitrogens is 2. The van der Waals surface area contributed by atoms with Gasteiger partial charge in [0.2, 0.25) is 0 Å². The number of benzene rings is 2. The largest absolute Gasteiger partial charge is 0.348 e. The lowest BCUT2D eigenvalue weighted by atomic mass is 10.1. The normalized spacial score (nSPS) is 10.6. The zero-order valence-corrected chi connectivity index (χ0v) is 14.6. The zero-order valence-electron chi connectivity index (χ0n) is 13.1. The van der Waals surface area contributed by atoms with E-state index in [2.05, 4.69) is 10.3 Å². The van der Waals surface area contributed by atoms with Crippen LogP contribution in [0.4, 0.5) is 0 Å². The van der Waals surface area contributed by atoms with Crippen LogP contribution in [-0.4, -0.2) is 21.7 Å². The first-order valence-corrected chi connectivity index (χ1v) is 8.98. The molecule has 24 heavy (non-hydrogen) atoms. The van der Waals surface area contributed by atoms with E-state index < -0.39 is 0 Å². The van der Waals surface area contributed by atoms with E-state index in [4.69, 9.17) is 11.6 Å². The van der Waals surface area contributed by atoms with E-state index >= 15 is 0 Å². The Kier molecular flexibility index (Phi) is 5.23. The molecular weight excluding hydrogens is 342 g/mol. The average Bonchev–Trinajstić information content (AvgIpc) is 3.09. The molecule has 1 amide bonds. The van der Waals surface area contributed by atoms with Gasteiger partial charge in [0.1, 0.15) is 0 Å². The second-order valence-corrected chi connectivity index (χ2v) is 6.29. The highest BCUT2D eigenvalue weighted by atomic mass is 35.5. The molecule has 1 heterocycles. The van der Waals surface area contributed by atoms with Crippen LogP contribution >= 0.6 is 23.4 Å². The van der Waals surface area contributed by atoms with Gasteiger partial charge >= 0.3 is 0 Å². The summed E-state index contributed by atoms with van der Waals surface area (Å²) in [5, 5.41) is 4.43. The summed E-state index contributed by atoms with van der Waals surface area (Å²) in [6, 6.07) is 14.9. The molecule has 6 heteroatoms. The predicted molar refractivity (Wildman–Crippen MR) is 98.0 cm³/mol. The van der Waals surface area contributed by atoms with Crippen LogP contribution in [0.1, 0.15) is 15.9 Å². The lowest BCUT2D eigenvalue weighted by Gasteiger charge is -2.10. The molecule has 0 fully saturated rings. The van der Waals surface area contributed by atoms with E-state index in [1.165, 1.54) is 0 Å². The fourth-order valence-electron chi connectivity index (χ4n) is 2.35. The Balaban J connectivity index is 1.76. The van der Waals surface area contributed by atoms with Crippen LogP contribution in [0.2, 0.25) is 5.02 Å². The molecule has 122 valence electrons. The molecule has 0 aliphatic carbocycles. The Bertz CT molecular complexity index is 863. The molecule has 3 rings (SSSR count). The fourth-order valence-corrected chi connectivity index (χ4v) is 3.09. The predicted octanol–water partition coefficient (Wildman–Crippen LogP) is 4.18. The van der Waals surface area contributed by atoms with Crippen LogP contribution in [0, 0.1) is 0 Å². The summed E-state index contributed by atoms with van der Waals surface area (Å²) in [6.45, 7) is 0.393. The highest BCUT2D eigenvalue weighted by Crippen LogP contribution is 2.19. The number of hydrogen-bond donors (Lipinski definition) is 1. The summed E-state index contributed by atoms with van der Waals surface area (Å²) in [5.41, 5.74) is 2.39. The van der Waals surface area contributed by atoms with Crippen LogP contribution in [-0.2, 0) is 6.54 Å². The molecule has 0 unspecified atom stereocenters. The SMILES string of the molecule is CSc1nccn1-c1cccc(C(=O)NCc2ccccc2Cl)c1. The quantitative estimate of drug-likeness (QED) is 0.697. The van der Waals surface area contributed by atoms with Gasteiger partial charge in [-0.2, -0.15) is 0 Å². The number of thioether (sulfide) groups is 1. The van der Waals surface area contributed by atoms with Crippen molar-refractivity contribution in [2.45, 2.75) is 11.7 Å². The van der Waals surface area contributed by atoms with Crippen molar-refractivity contribution in [3.8, 4) is 5.69 Å². The summed E-state index contributed by atoms with van der Waals surface area (Å²) in [4.78, 5) is 16.7. The molecule has 4 nitrogen and oxygen atoms in total. The lowest BCUT2D eigenvalue weighted by molar-refractivity contribution is 0.0951. The number of halogens is 1. The van der Waals surface area contributed by atoms with Crippen molar-refractivity contribution in [1.82, 2.24) is 14.9 Å². The smallest absolute Gasteiger partial charge is 0.251 e. The maximum absolute atomic E-state index is 12.4. The second-order valence-electron chi connectivity index (χ2n) is 5.11. The van der Waals surface area contributed by atoms with Crippen LogP contribution in [0.25, 0.3) is 5.69 Å². The van der Waals surface area contributed by atoms with Gasteiger partial charge in [0.05, 0.1) is 0 Å². The average molecular weight is 358 g/mol. The Morgan fingerprint density at radius 3 is 2.88 bits per heavy atom. The van der Waals surface area contributed by atoms with Gasteiger partial charge in [-0.15, -0.1) is 0 Å². The molecule has 0 atom stereocenters. The standard InChI is InChI=1S/C18H16ClN3OS/c1-24-18-20-9-10-22(18)15-7-4-6-13(11-15)17(23)21-12-14-5-2-3-8-16(14)19/h2-11H,12H2,1H3,(H,21,23). The molecule has 0 saturated heterocycles. The summed E-state index contributed by atoms with van der Waals surface area (Å²) in [5.74, 6) is -0.136. The number of carbonyl (C=O) groups is 1. The van der Waals surface area contributed by atoms with E-state index in [0.717, 1.165) is 16.4 Å². The Hall–Kier alpha value is -2.24. The maximum Gasteiger partial charge on any atom is 0.251 e. The summed E-state index contributed by atoms with van der Waals surface area (Å²) in [7, 11) is 0. The molecule has 0 bridgehead atoms. The van der Waals surface area contributed by atoms with Crippen molar-refractivity contribution in [3.63, 3.8) is 0 Å². The Labute approximate surface area is 149 Å². The van der Waals surface area contributed by atoms with Crippen molar-refractivity contribution in [2.75, 3.05) is 6.26 Å². The first-order valence-electron chi connectivity index (χ1n) is 7.38. The van der Waals surface area contributed by atoms with E-state index in [1.807, 2.05) is 59.5 Å². The summed E-state index contributed by atoms with van der Waals surface area (Å²) >= 11 is 7.67. The number of carbonyl (C=O) groups excluding carboxylic acids is 1. The van der Waals surface area contributed by atoms with Gasteiger partial charge < -0.3 is 5.32 Å². The second kappa shape index (κ2) is 7.55. The molecule has 0 aliphatic heterocycles. The minimum absolute atomic E-state index is 0.136. The van der Waals surface area contributed by atoms with E-state index in [-0.39, 0.29) is 5.91 Å². The highest BCUT2D eigenvalue weighted by molar-refractivity contribution is 7.98. The number of imidazole rings is 1. The highest BCUT2D eigenvalue weighted by Gasteiger charge is 2.09. The molecule has 1 aromatic heterocycles.